The molecule has 4 rings (SSSR count). The van der Waals surface area contributed by atoms with Gasteiger partial charge in [0, 0.05) is 11.1 Å². The number of ether oxygens (including phenoxy) is 2. The van der Waals surface area contributed by atoms with E-state index in [4.69, 9.17) is 25.9 Å². The largest absolute Gasteiger partial charge is 0.499 e. The van der Waals surface area contributed by atoms with Gasteiger partial charge in [-0.05, 0) is 43.5 Å². The molecule has 0 aliphatic carbocycles. The van der Waals surface area contributed by atoms with E-state index in [1.54, 1.807) is 35.2 Å². The Bertz CT molecular complexity index is 1220. The number of fused-ring (bicyclic) bond motifs is 1. The molecule has 1 fully saturated rings. The van der Waals surface area contributed by atoms with Crippen molar-refractivity contribution >= 4 is 55.8 Å². The summed E-state index contributed by atoms with van der Waals surface area (Å²) >= 11 is 9.68. The topological polar surface area (TPSA) is 86.6 Å². The fourth-order valence-electron chi connectivity index (χ4n) is 3.85. The van der Waals surface area contributed by atoms with Crippen LogP contribution in [0, 0.1) is 5.82 Å². The Kier molecular flexibility index (Phi) is 8.61. The number of nitrogens with one attached hydrogen (secondary N) is 2. The number of hydroxylamine groups is 1. The van der Waals surface area contributed by atoms with Gasteiger partial charge in [0.1, 0.15) is 18.7 Å². The maximum Gasteiger partial charge on any atom is 0.277 e. The van der Waals surface area contributed by atoms with E-state index in [2.05, 4.69) is 38.3 Å². The number of benzene rings is 2. The van der Waals surface area contributed by atoms with E-state index >= 15 is 4.39 Å². The number of imidazole rings is 1. The van der Waals surface area contributed by atoms with Gasteiger partial charge in [-0.15, -0.1) is 0 Å². The zero-order chi connectivity index (χ0) is 24.8. The molecule has 1 saturated heterocycles. The average molecular weight is 568 g/mol. The van der Waals surface area contributed by atoms with Gasteiger partial charge in [0.2, 0.25) is 0 Å². The second kappa shape index (κ2) is 11.9. The highest BCUT2D eigenvalue weighted by Crippen LogP contribution is 2.34. The molecule has 1 atom stereocenters. The summed E-state index contributed by atoms with van der Waals surface area (Å²) in [5.74, 6) is -1.31. The summed E-state index contributed by atoms with van der Waals surface area (Å²) in [5.41, 5.74) is 3.34. The van der Waals surface area contributed by atoms with E-state index in [0.29, 0.717) is 29.4 Å². The Morgan fingerprint density at radius 2 is 2.23 bits per heavy atom. The van der Waals surface area contributed by atoms with Gasteiger partial charge in [-0.3, -0.25) is 9.63 Å². The van der Waals surface area contributed by atoms with Gasteiger partial charge in [0.25, 0.3) is 5.91 Å². The van der Waals surface area contributed by atoms with Crippen molar-refractivity contribution in [2.45, 2.75) is 31.9 Å². The molecule has 0 radical (unpaired) electrons. The van der Waals surface area contributed by atoms with Crippen molar-refractivity contribution in [3.05, 3.63) is 64.3 Å². The number of halogens is 3. The van der Waals surface area contributed by atoms with E-state index in [1.807, 2.05) is 0 Å². The zero-order valence-corrected chi connectivity index (χ0v) is 21.2. The summed E-state index contributed by atoms with van der Waals surface area (Å²) in [6.45, 7) is 4.94. The van der Waals surface area contributed by atoms with Crippen LogP contribution in [-0.4, -0.2) is 41.4 Å². The molecule has 1 aromatic heterocycles. The summed E-state index contributed by atoms with van der Waals surface area (Å²) in [7, 11) is 0. The molecule has 1 amide bonds. The third-order valence-corrected chi connectivity index (χ3v) is 6.36. The monoisotopic (exact) mass is 566 g/mol. The van der Waals surface area contributed by atoms with Crippen LogP contribution >= 0.6 is 27.5 Å². The van der Waals surface area contributed by atoms with Crippen LogP contribution < -0.4 is 10.8 Å². The number of amides is 1. The molecule has 8 nitrogen and oxygen atoms in total. The second-order valence-electron chi connectivity index (χ2n) is 7.93. The lowest BCUT2D eigenvalue weighted by molar-refractivity contribution is 0.00660. The summed E-state index contributed by atoms with van der Waals surface area (Å²) in [5, 5.41) is 3.30. The second-order valence-corrected chi connectivity index (χ2v) is 9.26. The molecule has 2 aromatic carbocycles. The molecule has 0 spiro atoms. The molecular weight excluding hydrogens is 543 g/mol. The van der Waals surface area contributed by atoms with Gasteiger partial charge in [0.15, 0.2) is 5.82 Å². The van der Waals surface area contributed by atoms with Crippen LogP contribution in [0.5, 0.6) is 0 Å². The Hall–Kier alpha value is -2.66. The van der Waals surface area contributed by atoms with Crippen molar-refractivity contribution in [1.29, 1.82) is 0 Å². The minimum Gasteiger partial charge on any atom is -0.499 e. The lowest BCUT2D eigenvalue weighted by Gasteiger charge is -2.23. The van der Waals surface area contributed by atoms with E-state index in [9.17, 15) is 4.79 Å². The van der Waals surface area contributed by atoms with Gasteiger partial charge < -0.3 is 19.4 Å². The number of carbonyl (C=O) groups is 1. The highest BCUT2D eigenvalue weighted by molar-refractivity contribution is 9.10. The Morgan fingerprint density at radius 3 is 2.97 bits per heavy atom. The molecule has 1 unspecified atom stereocenters. The average Bonchev–Trinajstić information content (AvgIpc) is 3.25. The van der Waals surface area contributed by atoms with Crippen LogP contribution in [0.15, 0.2) is 47.9 Å². The maximum absolute atomic E-state index is 15.8. The van der Waals surface area contributed by atoms with Crippen molar-refractivity contribution in [1.82, 2.24) is 15.0 Å². The smallest absolute Gasteiger partial charge is 0.277 e. The fraction of sp³-hybridized carbons (Fsp3) is 0.333. The fourth-order valence-corrected chi connectivity index (χ4v) is 4.57. The molecule has 186 valence electrons. The standard InChI is InChI=1S/C24H25BrClFN4O4/c1-2-33-9-10-35-30-24(32)17-12-20-23(28-14-31(20)13-16-5-3-4-8-34-16)21(27)22(17)29-19-7-6-15(25)11-18(19)26/h2,6-7,11-12,14,16,29H,1,3-5,8-10,13H2,(H,30,32). The first-order valence-corrected chi connectivity index (χ1v) is 12.3. The number of rotatable bonds is 10. The zero-order valence-electron chi connectivity index (χ0n) is 18.9. The number of hydrogen-bond acceptors (Lipinski definition) is 6. The minimum absolute atomic E-state index is 0.00838. The first-order chi connectivity index (χ1) is 17.0. The first kappa shape index (κ1) is 25.4. The molecule has 3 aromatic rings. The first-order valence-electron chi connectivity index (χ1n) is 11.1. The molecular formula is C24H25BrClFN4O4. The highest BCUT2D eigenvalue weighted by atomic mass is 79.9. The van der Waals surface area contributed by atoms with Crippen molar-refractivity contribution in [2.24, 2.45) is 0 Å². The molecule has 0 saturated carbocycles. The summed E-state index contributed by atoms with van der Waals surface area (Å²) < 4.78 is 29.2. The third-order valence-electron chi connectivity index (χ3n) is 5.55. The maximum atomic E-state index is 15.8. The number of anilines is 2. The summed E-state index contributed by atoms with van der Waals surface area (Å²) in [6.07, 6.45) is 5.87. The highest BCUT2D eigenvalue weighted by Gasteiger charge is 2.24. The SMILES string of the molecule is C=COCCONC(=O)c1cc2c(ncn2CC2CCCCO2)c(F)c1Nc1ccc(Br)cc1Cl. The number of nitrogens with zero attached hydrogens (tertiary/aromatic N) is 2. The van der Waals surface area contributed by atoms with Crippen LogP contribution in [0.2, 0.25) is 5.02 Å². The van der Waals surface area contributed by atoms with Crippen molar-refractivity contribution in [2.75, 3.05) is 25.1 Å². The molecule has 1 aliphatic heterocycles. The summed E-state index contributed by atoms with van der Waals surface area (Å²) in [6, 6.07) is 6.69. The van der Waals surface area contributed by atoms with Crippen LogP contribution in [0.4, 0.5) is 15.8 Å². The molecule has 1 aliphatic rings. The van der Waals surface area contributed by atoms with Crippen molar-refractivity contribution in [3.63, 3.8) is 0 Å². The number of carbonyl (C=O) groups excluding carboxylic acids is 1. The Morgan fingerprint density at radius 1 is 1.37 bits per heavy atom. The van der Waals surface area contributed by atoms with E-state index in [-0.39, 0.29) is 36.1 Å². The normalized spacial score (nSPS) is 15.7. The van der Waals surface area contributed by atoms with E-state index in [0.717, 1.165) is 23.7 Å². The molecule has 35 heavy (non-hydrogen) atoms. The van der Waals surface area contributed by atoms with Crippen molar-refractivity contribution in [3.8, 4) is 0 Å². The van der Waals surface area contributed by atoms with Crippen molar-refractivity contribution < 1.29 is 23.5 Å². The molecule has 11 heteroatoms. The predicted octanol–water partition coefficient (Wildman–Crippen LogP) is 5.73. The quantitative estimate of drug-likeness (QED) is 0.185. The van der Waals surface area contributed by atoms with Gasteiger partial charge >= 0.3 is 0 Å². The Balaban J connectivity index is 1.69. The van der Waals surface area contributed by atoms with Gasteiger partial charge in [-0.2, -0.15) is 0 Å². The third kappa shape index (κ3) is 6.13. The lowest BCUT2D eigenvalue weighted by atomic mass is 10.1. The van der Waals surface area contributed by atoms with Crippen LogP contribution in [-0.2, 0) is 20.9 Å². The number of aromatic nitrogens is 2. The lowest BCUT2D eigenvalue weighted by Crippen LogP contribution is -2.27. The molecule has 2 N–H and O–H groups in total. The van der Waals surface area contributed by atoms with E-state index < -0.39 is 11.7 Å². The minimum atomic E-state index is -0.676. The molecule has 2 heterocycles. The van der Waals surface area contributed by atoms with Crippen LogP contribution in [0.1, 0.15) is 29.6 Å². The van der Waals surface area contributed by atoms with Gasteiger partial charge in [0.05, 0.1) is 52.7 Å². The molecule has 0 bridgehead atoms. The summed E-state index contributed by atoms with van der Waals surface area (Å²) in [4.78, 5) is 22.5. The Labute approximate surface area is 215 Å². The van der Waals surface area contributed by atoms with Gasteiger partial charge in [-0.1, -0.05) is 34.1 Å². The van der Waals surface area contributed by atoms with Crippen LogP contribution in [0.25, 0.3) is 11.0 Å². The van der Waals surface area contributed by atoms with Crippen LogP contribution in [0.3, 0.4) is 0 Å². The number of hydrogen-bond donors (Lipinski definition) is 2. The van der Waals surface area contributed by atoms with E-state index in [1.165, 1.54) is 6.26 Å². The predicted molar refractivity (Wildman–Crippen MR) is 135 cm³/mol. The van der Waals surface area contributed by atoms with Gasteiger partial charge in [-0.25, -0.2) is 14.9 Å².